The molecule has 1 aromatic rings. The van der Waals surface area contributed by atoms with Crippen molar-refractivity contribution in [2.24, 2.45) is 7.05 Å². The van der Waals surface area contributed by atoms with Crippen LogP contribution < -0.4 is 4.57 Å². The largest absolute Gasteiger partial charge is 0.256 e. The van der Waals surface area contributed by atoms with Crippen LogP contribution in [-0.2, 0) is 20.0 Å². The summed E-state index contributed by atoms with van der Waals surface area (Å²) in [4.78, 5) is 0. The van der Waals surface area contributed by atoms with Gasteiger partial charge in [0.25, 0.3) is 5.82 Å². The number of nitrogens with zero attached hydrogens (tertiary/aromatic N) is 2. The molecular formula is C20H39N2+. The van der Waals surface area contributed by atoms with Crippen molar-refractivity contribution in [3.05, 3.63) is 18.2 Å². The van der Waals surface area contributed by atoms with E-state index in [0.717, 1.165) is 0 Å². The van der Waals surface area contributed by atoms with Gasteiger partial charge in [-0.25, -0.2) is 9.13 Å². The van der Waals surface area contributed by atoms with Gasteiger partial charge in [0, 0.05) is 6.42 Å². The molecule has 1 rings (SSSR count). The summed E-state index contributed by atoms with van der Waals surface area (Å²) in [6.07, 6.45) is 22.4. The van der Waals surface area contributed by atoms with Crippen molar-refractivity contribution in [2.75, 3.05) is 0 Å². The van der Waals surface area contributed by atoms with Gasteiger partial charge in [-0.2, -0.15) is 0 Å². The molecule has 0 unspecified atom stereocenters. The van der Waals surface area contributed by atoms with Gasteiger partial charge in [0.2, 0.25) is 0 Å². The topological polar surface area (TPSA) is 8.81 Å². The van der Waals surface area contributed by atoms with Crippen LogP contribution in [0.2, 0.25) is 0 Å². The molecule has 2 heteroatoms. The van der Waals surface area contributed by atoms with E-state index in [4.69, 9.17) is 0 Å². The van der Waals surface area contributed by atoms with Crippen LogP contribution in [0, 0.1) is 0 Å². The highest BCUT2D eigenvalue weighted by Crippen LogP contribution is 2.10. The lowest BCUT2D eigenvalue weighted by molar-refractivity contribution is -0.678. The van der Waals surface area contributed by atoms with Crippen LogP contribution in [0.4, 0.5) is 0 Å². The van der Waals surface area contributed by atoms with E-state index in [9.17, 15) is 0 Å². The Kier molecular flexibility index (Phi) is 11.1. The van der Waals surface area contributed by atoms with Crippen LogP contribution >= 0.6 is 0 Å². The summed E-state index contributed by atoms with van der Waals surface area (Å²) in [7, 11) is 2.20. The van der Waals surface area contributed by atoms with E-state index < -0.39 is 0 Å². The van der Waals surface area contributed by atoms with Gasteiger partial charge >= 0.3 is 0 Å². The predicted molar refractivity (Wildman–Crippen MR) is 96.1 cm³/mol. The van der Waals surface area contributed by atoms with E-state index in [0.29, 0.717) is 0 Å². The van der Waals surface area contributed by atoms with Gasteiger partial charge in [-0.15, -0.1) is 0 Å². The Morgan fingerprint density at radius 2 is 1.32 bits per heavy atom. The molecule has 0 aliphatic heterocycles. The van der Waals surface area contributed by atoms with Crippen molar-refractivity contribution >= 4 is 0 Å². The van der Waals surface area contributed by atoms with Crippen LogP contribution in [0.25, 0.3) is 0 Å². The summed E-state index contributed by atoms with van der Waals surface area (Å²) in [5, 5.41) is 0. The van der Waals surface area contributed by atoms with E-state index in [1.165, 1.54) is 95.8 Å². The van der Waals surface area contributed by atoms with Crippen molar-refractivity contribution in [3.63, 3.8) is 0 Å². The van der Waals surface area contributed by atoms with Crippen LogP contribution in [0.15, 0.2) is 12.4 Å². The molecule has 0 radical (unpaired) electrons. The summed E-state index contributed by atoms with van der Waals surface area (Å²) >= 11 is 0. The Morgan fingerprint density at radius 1 is 0.773 bits per heavy atom. The molecule has 1 aromatic heterocycles. The molecule has 0 aliphatic carbocycles. The number of aryl methyl sites for hydroxylation is 2. The maximum Gasteiger partial charge on any atom is 0.256 e. The number of hydrogen-bond acceptors (Lipinski definition) is 0. The highest BCUT2D eigenvalue weighted by atomic mass is 15.1. The maximum atomic E-state index is 2.49. The zero-order valence-corrected chi connectivity index (χ0v) is 15.4. The monoisotopic (exact) mass is 307 g/mol. The van der Waals surface area contributed by atoms with Gasteiger partial charge in [0.15, 0.2) is 0 Å². The summed E-state index contributed by atoms with van der Waals surface area (Å²) in [6.45, 7) is 5.78. The van der Waals surface area contributed by atoms with Gasteiger partial charge in [0.05, 0.1) is 13.6 Å². The molecule has 22 heavy (non-hydrogen) atoms. The number of rotatable bonds is 14. The van der Waals surface area contributed by atoms with Gasteiger partial charge < -0.3 is 0 Å². The number of hydrogen-bond donors (Lipinski definition) is 0. The highest BCUT2D eigenvalue weighted by molar-refractivity contribution is 4.84. The molecule has 0 saturated carbocycles. The second kappa shape index (κ2) is 12.7. The molecule has 128 valence electrons. The second-order valence-electron chi connectivity index (χ2n) is 6.80. The molecule has 0 N–H and O–H groups in total. The van der Waals surface area contributed by atoms with E-state index in [2.05, 4.69) is 42.4 Å². The Morgan fingerprint density at radius 3 is 1.95 bits per heavy atom. The van der Waals surface area contributed by atoms with E-state index >= 15 is 0 Å². The fourth-order valence-corrected chi connectivity index (χ4v) is 3.20. The van der Waals surface area contributed by atoms with Crippen molar-refractivity contribution in [1.82, 2.24) is 4.57 Å². The predicted octanol–water partition coefficient (Wildman–Crippen LogP) is 5.58. The van der Waals surface area contributed by atoms with E-state index in [1.807, 2.05) is 0 Å². The zero-order valence-electron chi connectivity index (χ0n) is 15.4. The minimum atomic E-state index is 1.21. The van der Waals surface area contributed by atoms with Gasteiger partial charge in [-0.05, 0) is 19.3 Å². The zero-order chi connectivity index (χ0) is 16.0. The molecule has 0 amide bonds. The Bertz CT molecular complexity index is 368. The first-order valence-corrected chi connectivity index (χ1v) is 9.83. The molecule has 0 atom stereocenters. The van der Waals surface area contributed by atoms with Crippen LogP contribution in [0.1, 0.15) is 96.7 Å². The van der Waals surface area contributed by atoms with Crippen molar-refractivity contribution in [1.29, 1.82) is 0 Å². The Hall–Kier alpha value is -0.790. The third kappa shape index (κ3) is 8.00. The average Bonchev–Trinajstić information content (AvgIpc) is 2.87. The summed E-state index contributed by atoms with van der Waals surface area (Å²) < 4.78 is 4.81. The van der Waals surface area contributed by atoms with Crippen LogP contribution in [0.3, 0.4) is 0 Å². The van der Waals surface area contributed by atoms with Crippen molar-refractivity contribution in [3.8, 4) is 0 Å². The fourth-order valence-electron chi connectivity index (χ4n) is 3.20. The Labute approximate surface area is 138 Å². The molecular weight excluding hydrogens is 268 g/mol. The van der Waals surface area contributed by atoms with Crippen LogP contribution in [-0.4, -0.2) is 4.57 Å². The quantitative estimate of drug-likeness (QED) is 0.313. The molecule has 2 nitrogen and oxygen atoms in total. The Balaban J connectivity index is 2.20. The molecule has 0 bridgehead atoms. The molecule has 0 aromatic carbocycles. The summed E-state index contributed by atoms with van der Waals surface area (Å²) in [5.41, 5.74) is 0. The third-order valence-corrected chi connectivity index (χ3v) is 4.72. The highest BCUT2D eigenvalue weighted by Gasteiger charge is 2.13. The van der Waals surface area contributed by atoms with Gasteiger partial charge in [-0.1, -0.05) is 71.6 Å². The summed E-state index contributed by atoms with van der Waals surface area (Å²) in [5.74, 6) is 1.52. The smallest absolute Gasteiger partial charge is 0.237 e. The molecule has 0 saturated heterocycles. The molecule has 0 spiro atoms. The SMILES string of the molecule is CCCCCCCCCn1cc[n+](C)c1CCCCCCC. The minimum absolute atomic E-state index is 1.21. The summed E-state index contributed by atoms with van der Waals surface area (Å²) in [6, 6.07) is 0. The fraction of sp³-hybridized carbons (Fsp3) is 0.850. The number of unbranched alkanes of at least 4 members (excludes halogenated alkanes) is 10. The third-order valence-electron chi connectivity index (χ3n) is 4.72. The molecule has 0 fully saturated rings. The average molecular weight is 308 g/mol. The normalized spacial score (nSPS) is 11.2. The second-order valence-corrected chi connectivity index (χ2v) is 6.80. The number of aromatic nitrogens is 2. The van der Waals surface area contributed by atoms with E-state index in [1.54, 1.807) is 0 Å². The first kappa shape index (κ1) is 19.3. The number of imidazole rings is 1. The lowest BCUT2D eigenvalue weighted by Gasteiger charge is -2.04. The molecule has 1 heterocycles. The lowest BCUT2D eigenvalue weighted by atomic mass is 10.1. The van der Waals surface area contributed by atoms with Crippen LogP contribution in [0.5, 0.6) is 0 Å². The first-order valence-electron chi connectivity index (χ1n) is 9.83. The maximum absolute atomic E-state index is 2.49. The van der Waals surface area contributed by atoms with E-state index in [-0.39, 0.29) is 0 Å². The van der Waals surface area contributed by atoms with Crippen molar-refractivity contribution < 1.29 is 4.57 Å². The molecule has 0 aliphatic rings. The lowest BCUT2D eigenvalue weighted by Crippen LogP contribution is -2.32. The standard InChI is InChI=1S/C20H39N2/c1-4-6-8-10-11-13-15-17-22-19-18-21(3)20(22)16-14-12-9-7-5-2/h18-19H,4-17H2,1-3H3/q+1. The first-order chi connectivity index (χ1) is 10.8. The van der Waals surface area contributed by atoms with Gasteiger partial charge in [-0.3, -0.25) is 0 Å². The minimum Gasteiger partial charge on any atom is -0.237 e. The van der Waals surface area contributed by atoms with Gasteiger partial charge in [0.1, 0.15) is 12.4 Å². The van der Waals surface area contributed by atoms with Crippen molar-refractivity contribution in [2.45, 2.75) is 104 Å².